The van der Waals surface area contributed by atoms with Gasteiger partial charge in [0.2, 0.25) is 11.8 Å². The number of rotatable bonds is 8. The van der Waals surface area contributed by atoms with Crippen molar-refractivity contribution >= 4 is 17.2 Å². The normalized spacial score (nSPS) is 14.6. The number of fused-ring (bicyclic) bond motifs is 1. The van der Waals surface area contributed by atoms with E-state index in [1.54, 1.807) is 6.92 Å². The van der Waals surface area contributed by atoms with Crippen molar-refractivity contribution in [3.05, 3.63) is 30.3 Å². The third kappa shape index (κ3) is 4.71. The molecule has 1 saturated carbocycles. The van der Waals surface area contributed by atoms with Crippen LogP contribution in [0, 0.1) is 11.7 Å². The van der Waals surface area contributed by atoms with Gasteiger partial charge in [-0.2, -0.15) is 0 Å². The Kier molecular flexibility index (Phi) is 5.15. The summed E-state index contributed by atoms with van der Waals surface area (Å²) in [7, 11) is 0. The largest absolute Gasteiger partial charge is 0.492 e. The first kappa shape index (κ1) is 18.9. The molecule has 0 aliphatic heterocycles. The maximum Gasteiger partial charge on any atom is 0.404 e. The first-order valence-corrected chi connectivity index (χ1v) is 9.15. The summed E-state index contributed by atoms with van der Waals surface area (Å²) in [5, 5.41) is 11.0. The zero-order valence-corrected chi connectivity index (χ0v) is 15.6. The number of nitrogens with one attached hydrogen (secondary N) is 1. The Morgan fingerprint density at radius 1 is 1.34 bits per heavy atom. The molecule has 1 fully saturated rings. The lowest BCUT2D eigenvalue weighted by Crippen LogP contribution is -2.35. The Morgan fingerprint density at radius 2 is 2.17 bits per heavy atom. The number of nitrogens with zero attached hydrogens (tertiary/aromatic N) is 3. The molecule has 0 aromatic carbocycles. The average molecular weight is 402 g/mol. The fourth-order valence-corrected chi connectivity index (χ4v) is 2.61. The SMILES string of the molecule is C[C@@H](COc1cc2oc(-c3ncc(OCC4CC4)cc3F)nc2cn1)NC(=O)O. The van der Waals surface area contributed by atoms with Crippen LogP contribution in [0.3, 0.4) is 0 Å². The van der Waals surface area contributed by atoms with Gasteiger partial charge >= 0.3 is 6.09 Å². The Balaban J connectivity index is 1.47. The maximum absolute atomic E-state index is 14.5. The number of hydrogen-bond donors (Lipinski definition) is 2. The summed E-state index contributed by atoms with van der Waals surface area (Å²) in [6.45, 7) is 2.31. The van der Waals surface area contributed by atoms with Crippen molar-refractivity contribution in [3.8, 4) is 23.2 Å². The number of hydrogen-bond acceptors (Lipinski definition) is 7. The van der Waals surface area contributed by atoms with Gasteiger partial charge in [-0.1, -0.05) is 0 Å². The van der Waals surface area contributed by atoms with Gasteiger partial charge < -0.3 is 24.3 Å². The summed E-state index contributed by atoms with van der Waals surface area (Å²) < 4.78 is 31.0. The summed E-state index contributed by atoms with van der Waals surface area (Å²) in [4.78, 5) is 23.0. The second-order valence-electron chi connectivity index (χ2n) is 6.93. The quantitative estimate of drug-likeness (QED) is 0.589. The molecule has 152 valence electrons. The lowest BCUT2D eigenvalue weighted by Gasteiger charge is -2.11. The van der Waals surface area contributed by atoms with Gasteiger partial charge in [-0.15, -0.1) is 0 Å². The summed E-state index contributed by atoms with van der Waals surface area (Å²) in [5.74, 6) is 0.586. The minimum Gasteiger partial charge on any atom is -0.492 e. The molecule has 2 N–H and O–H groups in total. The highest BCUT2D eigenvalue weighted by molar-refractivity contribution is 5.75. The highest BCUT2D eigenvalue weighted by Gasteiger charge is 2.22. The highest BCUT2D eigenvalue weighted by Crippen LogP contribution is 2.31. The number of aromatic nitrogens is 3. The summed E-state index contributed by atoms with van der Waals surface area (Å²) >= 11 is 0. The molecule has 1 atom stereocenters. The van der Waals surface area contributed by atoms with E-state index in [-0.39, 0.29) is 24.1 Å². The number of pyridine rings is 2. The first-order valence-electron chi connectivity index (χ1n) is 9.15. The molecular formula is C19H19FN4O5. The predicted octanol–water partition coefficient (Wildman–Crippen LogP) is 3.25. The van der Waals surface area contributed by atoms with Crippen LogP contribution in [0.1, 0.15) is 19.8 Å². The van der Waals surface area contributed by atoms with Crippen LogP contribution in [0.15, 0.2) is 28.9 Å². The van der Waals surface area contributed by atoms with Gasteiger partial charge in [-0.05, 0) is 25.7 Å². The third-order valence-electron chi connectivity index (χ3n) is 4.30. The molecule has 0 spiro atoms. The van der Waals surface area contributed by atoms with E-state index in [1.165, 1.54) is 24.5 Å². The van der Waals surface area contributed by atoms with Crippen LogP contribution in [0.25, 0.3) is 22.7 Å². The molecule has 3 aromatic rings. The fourth-order valence-electron chi connectivity index (χ4n) is 2.61. The van der Waals surface area contributed by atoms with Crippen molar-refractivity contribution in [3.63, 3.8) is 0 Å². The molecule has 29 heavy (non-hydrogen) atoms. The maximum atomic E-state index is 14.5. The van der Waals surface area contributed by atoms with E-state index in [2.05, 4.69) is 20.3 Å². The van der Waals surface area contributed by atoms with Gasteiger partial charge in [0.15, 0.2) is 17.1 Å². The monoisotopic (exact) mass is 402 g/mol. The summed E-state index contributed by atoms with van der Waals surface area (Å²) in [5.41, 5.74) is 0.736. The number of carbonyl (C=O) groups is 1. The molecule has 9 nitrogen and oxygen atoms in total. The van der Waals surface area contributed by atoms with Gasteiger partial charge in [-0.25, -0.2) is 24.1 Å². The molecule has 3 heterocycles. The second kappa shape index (κ2) is 7.90. The number of amides is 1. The Bertz CT molecular complexity index is 1040. The van der Waals surface area contributed by atoms with Gasteiger partial charge in [0.05, 0.1) is 25.0 Å². The van der Waals surface area contributed by atoms with E-state index >= 15 is 0 Å². The lowest BCUT2D eigenvalue weighted by atomic mass is 10.3. The average Bonchev–Trinajstić information content (AvgIpc) is 3.41. The van der Waals surface area contributed by atoms with Crippen molar-refractivity contribution in [2.75, 3.05) is 13.2 Å². The van der Waals surface area contributed by atoms with Gasteiger partial charge in [0, 0.05) is 12.1 Å². The van der Waals surface area contributed by atoms with Crippen molar-refractivity contribution in [2.24, 2.45) is 5.92 Å². The predicted molar refractivity (Wildman–Crippen MR) is 99.3 cm³/mol. The summed E-state index contributed by atoms with van der Waals surface area (Å²) in [6.07, 6.45) is 4.02. The first-order chi connectivity index (χ1) is 14.0. The fraction of sp³-hybridized carbons (Fsp3) is 0.368. The molecule has 0 saturated heterocycles. The van der Waals surface area contributed by atoms with Gasteiger partial charge in [-0.3, -0.25) is 0 Å². The molecular weight excluding hydrogens is 383 g/mol. The Hall–Kier alpha value is -3.43. The van der Waals surface area contributed by atoms with Crippen LogP contribution < -0.4 is 14.8 Å². The van der Waals surface area contributed by atoms with Crippen molar-refractivity contribution < 1.29 is 28.2 Å². The van der Waals surface area contributed by atoms with E-state index in [0.717, 1.165) is 12.8 Å². The number of ether oxygens (including phenoxy) is 2. The molecule has 3 aromatic heterocycles. The highest BCUT2D eigenvalue weighted by atomic mass is 19.1. The lowest BCUT2D eigenvalue weighted by molar-refractivity contribution is 0.182. The molecule has 1 aliphatic carbocycles. The van der Waals surface area contributed by atoms with Crippen LogP contribution in [-0.2, 0) is 0 Å². The van der Waals surface area contributed by atoms with Crippen LogP contribution >= 0.6 is 0 Å². The molecule has 10 heteroatoms. The number of carboxylic acid groups (broad SMARTS) is 1. The van der Waals surface area contributed by atoms with E-state index in [9.17, 15) is 9.18 Å². The smallest absolute Gasteiger partial charge is 0.404 e. The van der Waals surface area contributed by atoms with E-state index in [1.807, 2.05) is 0 Å². The minimum atomic E-state index is -1.14. The number of halogens is 1. The molecule has 4 rings (SSSR count). The van der Waals surface area contributed by atoms with Crippen molar-refractivity contribution in [1.82, 2.24) is 20.3 Å². The van der Waals surface area contributed by atoms with Gasteiger partial charge in [0.25, 0.3) is 0 Å². The van der Waals surface area contributed by atoms with Crippen LogP contribution in [0.4, 0.5) is 9.18 Å². The van der Waals surface area contributed by atoms with Crippen LogP contribution in [0.5, 0.6) is 11.6 Å². The van der Waals surface area contributed by atoms with Crippen LogP contribution in [-0.4, -0.2) is 45.4 Å². The molecule has 0 radical (unpaired) electrons. The topological polar surface area (TPSA) is 120 Å². The second-order valence-corrected chi connectivity index (χ2v) is 6.93. The minimum absolute atomic E-state index is 0.0195. The zero-order chi connectivity index (χ0) is 20.4. The number of oxazole rings is 1. The van der Waals surface area contributed by atoms with E-state index in [4.69, 9.17) is 19.0 Å². The van der Waals surface area contributed by atoms with Crippen molar-refractivity contribution in [1.29, 1.82) is 0 Å². The standard InChI is InChI=1S/C19H19FN4O5/c1-10(23-19(25)26)8-28-16-5-15-14(7-21-16)24-18(29-15)17-13(20)4-12(6-22-17)27-9-11-2-3-11/h4-7,10-11,23H,2-3,8-9H2,1H3,(H,25,26)/t10-/m0/s1. The molecule has 0 unspecified atom stereocenters. The molecule has 1 aliphatic rings. The Labute approximate surface area is 164 Å². The van der Waals surface area contributed by atoms with Crippen LogP contribution in [0.2, 0.25) is 0 Å². The third-order valence-corrected chi connectivity index (χ3v) is 4.30. The van der Waals surface area contributed by atoms with E-state index in [0.29, 0.717) is 29.4 Å². The molecule has 0 bridgehead atoms. The Morgan fingerprint density at radius 3 is 2.90 bits per heavy atom. The van der Waals surface area contributed by atoms with E-state index < -0.39 is 18.0 Å². The van der Waals surface area contributed by atoms with Crippen molar-refractivity contribution in [2.45, 2.75) is 25.8 Å². The summed E-state index contributed by atoms with van der Waals surface area (Å²) in [6, 6.07) is 2.35. The zero-order valence-electron chi connectivity index (χ0n) is 15.6. The van der Waals surface area contributed by atoms with Gasteiger partial charge in [0.1, 0.15) is 17.9 Å². The molecule has 1 amide bonds.